The monoisotopic (exact) mass is 237 g/mol. The quantitative estimate of drug-likeness (QED) is 0.785. The maximum atomic E-state index is 13.3. The van der Waals surface area contributed by atoms with E-state index in [9.17, 15) is 22.0 Å². The molecular formula is C10H8F5N. The second kappa shape index (κ2) is 3.16. The van der Waals surface area contributed by atoms with Gasteiger partial charge in [-0.3, -0.25) is 0 Å². The molecule has 1 saturated carbocycles. The molecule has 2 N–H and O–H groups in total. The highest BCUT2D eigenvalue weighted by atomic mass is 19.3. The zero-order valence-corrected chi connectivity index (χ0v) is 8.04. The van der Waals surface area contributed by atoms with Crippen molar-refractivity contribution in [3.63, 3.8) is 0 Å². The van der Waals surface area contributed by atoms with Crippen molar-refractivity contribution < 1.29 is 22.0 Å². The Morgan fingerprint density at radius 1 is 1.12 bits per heavy atom. The Bertz CT molecular complexity index is 422. The summed E-state index contributed by atoms with van der Waals surface area (Å²) in [6, 6.07) is 0.758. The average Bonchev–Trinajstić information content (AvgIpc) is 2.67. The Balaban J connectivity index is 2.58. The van der Waals surface area contributed by atoms with Gasteiger partial charge in [0.1, 0.15) is 17.5 Å². The van der Waals surface area contributed by atoms with Crippen molar-refractivity contribution in [1.82, 2.24) is 0 Å². The van der Waals surface area contributed by atoms with Gasteiger partial charge in [-0.05, 0) is 0 Å². The molecular weight excluding hydrogens is 229 g/mol. The predicted octanol–water partition coefficient (Wildman–Crippen LogP) is 2.34. The predicted molar refractivity (Wildman–Crippen MR) is 46.6 cm³/mol. The van der Waals surface area contributed by atoms with Gasteiger partial charge in [0.2, 0.25) is 0 Å². The Kier molecular flexibility index (Phi) is 2.24. The van der Waals surface area contributed by atoms with E-state index in [0.717, 1.165) is 0 Å². The summed E-state index contributed by atoms with van der Waals surface area (Å²) in [6.45, 7) is -0.584. The Hall–Kier alpha value is -1.17. The molecule has 1 unspecified atom stereocenters. The lowest BCUT2D eigenvalue weighted by molar-refractivity contribution is 0.0875. The highest BCUT2D eigenvalue weighted by Gasteiger charge is 2.72. The number of benzene rings is 1. The summed E-state index contributed by atoms with van der Waals surface area (Å²) < 4.78 is 65.4. The third kappa shape index (κ3) is 1.32. The third-order valence-electron chi connectivity index (χ3n) is 2.93. The van der Waals surface area contributed by atoms with E-state index in [-0.39, 0.29) is 0 Å². The molecule has 1 atom stereocenters. The van der Waals surface area contributed by atoms with Crippen molar-refractivity contribution in [2.75, 3.05) is 6.54 Å². The van der Waals surface area contributed by atoms with Crippen LogP contribution in [0.3, 0.4) is 0 Å². The zero-order valence-electron chi connectivity index (χ0n) is 8.04. The number of hydrogen-bond donors (Lipinski definition) is 1. The molecule has 88 valence electrons. The first-order valence-corrected chi connectivity index (χ1v) is 4.57. The maximum Gasteiger partial charge on any atom is 0.260 e. The molecule has 0 heterocycles. The molecule has 0 aliphatic heterocycles. The SMILES string of the molecule is NCC1(c2c(F)cc(F)cc2F)CC1(F)F. The van der Waals surface area contributed by atoms with Crippen LogP contribution in [0.4, 0.5) is 22.0 Å². The molecule has 1 fully saturated rings. The fourth-order valence-electron chi connectivity index (χ4n) is 1.93. The van der Waals surface area contributed by atoms with Gasteiger partial charge in [0.15, 0.2) is 0 Å². The van der Waals surface area contributed by atoms with Crippen LogP contribution in [0.1, 0.15) is 12.0 Å². The Labute approximate surface area is 88.1 Å². The van der Waals surface area contributed by atoms with Crippen LogP contribution in [0.25, 0.3) is 0 Å². The Morgan fingerprint density at radius 3 is 1.88 bits per heavy atom. The normalized spacial score (nSPS) is 26.9. The van der Waals surface area contributed by atoms with Crippen molar-refractivity contribution in [2.45, 2.75) is 17.8 Å². The lowest BCUT2D eigenvalue weighted by atomic mass is 9.94. The highest BCUT2D eigenvalue weighted by molar-refractivity contribution is 5.40. The topological polar surface area (TPSA) is 26.0 Å². The molecule has 2 rings (SSSR count). The minimum atomic E-state index is -3.23. The maximum absolute atomic E-state index is 13.3. The lowest BCUT2D eigenvalue weighted by Gasteiger charge is -2.16. The summed E-state index contributed by atoms with van der Waals surface area (Å²) in [5.74, 6) is -7.02. The smallest absolute Gasteiger partial charge is 0.260 e. The molecule has 0 saturated heterocycles. The summed E-state index contributed by atoms with van der Waals surface area (Å²) in [7, 11) is 0. The molecule has 0 aromatic heterocycles. The largest absolute Gasteiger partial charge is 0.329 e. The molecule has 1 nitrogen and oxygen atoms in total. The van der Waals surface area contributed by atoms with Crippen molar-refractivity contribution >= 4 is 0 Å². The van der Waals surface area contributed by atoms with E-state index in [0.29, 0.717) is 12.1 Å². The summed E-state index contributed by atoms with van der Waals surface area (Å²) >= 11 is 0. The molecule has 16 heavy (non-hydrogen) atoms. The van der Waals surface area contributed by atoms with Gasteiger partial charge in [-0.1, -0.05) is 0 Å². The van der Waals surface area contributed by atoms with Crippen molar-refractivity contribution in [2.24, 2.45) is 5.73 Å². The van der Waals surface area contributed by atoms with Crippen LogP contribution in [-0.4, -0.2) is 12.5 Å². The van der Waals surface area contributed by atoms with Gasteiger partial charge in [-0.25, -0.2) is 22.0 Å². The van der Waals surface area contributed by atoms with Gasteiger partial charge in [-0.15, -0.1) is 0 Å². The number of hydrogen-bond acceptors (Lipinski definition) is 1. The molecule has 1 aromatic carbocycles. The fourth-order valence-corrected chi connectivity index (χ4v) is 1.93. The van der Waals surface area contributed by atoms with E-state index in [1.807, 2.05) is 0 Å². The van der Waals surface area contributed by atoms with Gasteiger partial charge >= 0.3 is 0 Å². The average molecular weight is 237 g/mol. The van der Waals surface area contributed by atoms with Crippen LogP contribution in [0.5, 0.6) is 0 Å². The van der Waals surface area contributed by atoms with Crippen LogP contribution < -0.4 is 5.73 Å². The van der Waals surface area contributed by atoms with Crippen molar-refractivity contribution in [3.8, 4) is 0 Å². The highest BCUT2D eigenvalue weighted by Crippen LogP contribution is 2.61. The zero-order chi connectivity index (χ0) is 12.1. The molecule has 1 aliphatic rings. The first kappa shape index (κ1) is 11.3. The van der Waals surface area contributed by atoms with E-state index >= 15 is 0 Å². The van der Waals surface area contributed by atoms with Crippen LogP contribution >= 0.6 is 0 Å². The summed E-state index contributed by atoms with van der Waals surface area (Å²) in [6.07, 6.45) is -0.712. The number of rotatable bonds is 2. The van der Waals surface area contributed by atoms with E-state index in [1.54, 1.807) is 0 Å². The summed E-state index contributed by atoms with van der Waals surface area (Å²) in [5, 5.41) is 0. The van der Waals surface area contributed by atoms with Crippen LogP contribution in [0.2, 0.25) is 0 Å². The van der Waals surface area contributed by atoms with Gasteiger partial charge < -0.3 is 5.73 Å². The van der Waals surface area contributed by atoms with Gasteiger partial charge in [0.05, 0.1) is 5.41 Å². The third-order valence-corrected chi connectivity index (χ3v) is 2.93. The fraction of sp³-hybridized carbons (Fsp3) is 0.400. The van der Waals surface area contributed by atoms with Gasteiger partial charge in [0, 0.05) is 30.7 Å². The molecule has 0 amide bonds. The Morgan fingerprint density at radius 2 is 1.56 bits per heavy atom. The van der Waals surface area contributed by atoms with E-state index in [2.05, 4.69) is 0 Å². The van der Waals surface area contributed by atoms with Crippen LogP contribution in [0, 0.1) is 17.5 Å². The van der Waals surface area contributed by atoms with Crippen LogP contribution in [-0.2, 0) is 5.41 Å². The second-order valence-corrected chi connectivity index (χ2v) is 3.91. The minimum absolute atomic E-state index is 0.379. The second-order valence-electron chi connectivity index (χ2n) is 3.91. The van der Waals surface area contributed by atoms with Gasteiger partial charge in [0.25, 0.3) is 5.92 Å². The number of halogens is 5. The summed E-state index contributed by atoms with van der Waals surface area (Å²) in [4.78, 5) is 0. The van der Waals surface area contributed by atoms with Crippen molar-refractivity contribution in [1.29, 1.82) is 0 Å². The van der Waals surface area contributed by atoms with E-state index < -0.39 is 47.3 Å². The number of alkyl halides is 2. The first-order chi connectivity index (χ1) is 7.34. The molecule has 0 radical (unpaired) electrons. The van der Waals surface area contributed by atoms with Crippen molar-refractivity contribution in [3.05, 3.63) is 35.1 Å². The van der Waals surface area contributed by atoms with E-state index in [1.165, 1.54) is 0 Å². The van der Waals surface area contributed by atoms with E-state index in [4.69, 9.17) is 5.73 Å². The molecule has 0 bridgehead atoms. The summed E-state index contributed by atoms with van der Waals surface area (Å²) in [5.41, 5.74) is 2.31. The number of nitrogens with two attached hydrogens (primary N) is 1. The molecule has 6 heteroatoms. The lowest BCUT2D eigenvalue weighted by Crippen LogP contribution is -2.29. The first-order valence-electron chi connectivity index (χ1n) is 4.57. The minimum Gasteiger partial charge on any atom is -0.329 e. The standard InChI is InChI=1S/C10H8F5N/c11-5-1-6(12)8(7(13)2-5)9(4-16)3-10(9,14)15/h1-2H,3-4,16H2. The molecule has 0 spiro atoms. The molecule has 1 aliphatic carbocycles. The van der Waals surface area contributed by atoms with Crippen LogP contribution in [0.15, 0.2) is 12.1 Å². The molecule has 1 aromatic rings. The van der Waals surface area contributed by atoms with Gasteiger partial charge in [-0.2, -0.15) is 0 Å².